The van der Waals surface area contributed by atoms with Gasteiger partial charge in [-0.1, -0.05) is 42.5 Å². The molecule has 25 heavy (non-hydrogen) atoms. The van der Waals surface area contributed by atoms with Crippen LogP contribution in [0.2, 0.25) is 0 Å². The van der Waals surface area contributed by atoms with Gasteiger partial charge in [0.1, 0.15) is 11.5 Å². The van der Waals surface area contributed by atoms with Crippen molar-refractivity contribution in [2.75, 3.05) is 5.73 Å². The van der Waals surface area contributed by atoms with E-state index in [2.05, 4.69) is 34.5 Å². The van der Waals surface area contributed by atoms with Crippen molar-refractivity contribution in [1.29, 1.82) is 0 Å². The summed E-state index contributed by atoms with van der Waals surface area (Å²) in [6.07, 6.45) is 7.90. The highest BCUT2D eigenvalue weighted by Crippen LogP contribution is 2.28. The molecule has 4 heteroatoms. The Balaban J connectivity index is 1.53. The van der Waals surface area contributed by atoms with Crippen LogP contribution in [0.1, 0.15) is 28.9 Å². The number of hydrogen-bond donors (Lipinski definition) is 2. The zero-order valence-corrected chi connectivity index (χ0v) is 13.8. The Labute approximate surface area is 146 Å². The molecule has 0 saturated carbocycles. The zero-order valence-electron chi connectivity index (χ0n) is 13.8. The molecule has 4 rings (SSSR count). The first kappa shape index (κ1) is 15.3. The van der Waals surface area contributed by atoms with Crippen molar-refractivity contribution >= 4 is 23.9 Å². The van der Waals surface area contributed by atoms with E-state index in [9.17, 15) is 0 Å². The summed E-state index contributed by atoms with van der Waals surface area (Å²) >= 11 is 0. The summed E-state index contributed by atoms with van der Waals surface area (Å²) in [5, 5.41) is 7.54. The van der Waals surface area contributed by atoms with Crippen LogP contribution in [0.4, 0.5) is 5.69 Å². The summed E-state index contributed by atoms with van der Waals surface area (Å²) < 4.78 is 5.95. The van der Waals surface area contributed by atoms with E-state index in [1.165, 1.54) is 5.56 Å². The fourth-order valence-corrected chi connectivity index (χ4v) is 2.94. The number of rotatable bonds is 4. The van der Waals surface area contributed by atoms with E-state index < -0.39 is 0 Å². The van der Waals surface area contributed by atoms with Gasteiger partial charge in [-0.3, -0.25) is 5.10 Å². The van der Waals surface area contributed by atoms with Crippen LogP contribution in [-0.4, -0.2) is 10.2 Å². The minimum atomic E-state index is 0.699. The van der Waals surface area contributed by atoms with Crippen molar-refractivity contribution in [2.24, 2.45) is 0 Å². The Morgan fingerprint density at radius 3 is 2.72 bits per heavy atom. The normalized spacial score (nSPS) is 13.5. The molecule has 1 aliphatic rings. The van der Waals surface area contributed by atoms with Crippen molar-refractivity contribution in [3.05, 3.63) is 82.9 Å². The molecule has 0 aliphatic heterocycles. The van der Waals surface area contributed by atoms with Crippen molar-refractivity contribution in [3.63, 3.8) is 0 Å². The van der Waals surface area contributed by atoms with Crippen LogP contribution in [0.3, 0.4) is 0 Å². The van der Waals surface area contributed by atoms with Crippen molar-refractivity contribution in [1.82, 2.24) is 10.2 Å². The molecule has 0 atom stereocenters. The lowest BCUT2D eigenvalue weighted by atomic mass is 9.99. The van der Waals surface area contributed by atoms with Gasteiger partial charge in [-0.15, -0.1) is 0 Å². The van der Waals surface area contributed by atoms with Gasteiger partial charge >= 0.3 is 0 Å². The van der Waals surface area contributed by atoms with Gasteiger partial charge in [-0.25, -0.2) is 0 Å². The standard InChI is InChI=1S/C21H19N3O/c22-16-7-4-8-17(13-16)25-18-10-11-19-20(23-24-21(19)14-18)12-9-15-5-2-1-3-6-15/h1-9,12-14H,10-11,22H2,(H,23,24). The Kier molecular flexibility index (Phi) is 4.09. The molecule has 1 aromatic heterocycles. The molecule has 1 aliphatic carbocycles. The lowest BCUT2D eigenvalue weighted by Gasteiger charge is -2.15. The van der Waals surface area contributed by atoms with Gasteiger partial charge < -0.3 is 10.5 Å². The number of nitrogens with zero attached hydrogens (tertiary/aromatic N) is 1. The predicted octanol–water partition coefficient (Wildman–Crippen LogP) is 4.53. The molecule has 0 saturated heterocycles. The maximum absolute atomic E-state index is 5.95. The van der Waals surface area contributed by atoms with Crippen molar-refractivity contribution in [2.45, 2.75) is 12.8 Å². The van der Waals surface area contributed by atoms with E-state index in [1.54, 1.807) is 0 Å². The van der Waals surface area contributed by atoms with E-state index in [0.29, 0.717) is 5.69 Å². The molecule has 124 valence electrons. The number of nitrogen functional groups attached to an aromatic ring is 1. The Morgan fingerprint density at radius 1 is 1.00 bits per heavy atom. The van der Waals surface area contributed by atoms with Crippen LogP contribution < -0.4 is 10.5 Å². The summed E-state index contributed by atoms with van der Waals surface area (Å²) in [6, 6.07) is 17.7. The van der Waals surface area contributed by atoms with Gasteiger partial charge in [-0.05, 0) is 30.2 Å². The third kappa shape index (κ3) is 3.48. The number of allylic oxidation sites excluding steroid dienone is 1. The number of anilines is 1. The largest absolute Gasteiger partial charge is 0.462 e. The highest BCUT2D eigenvalue weighted by atomic mass is 16.5. The van der Waals surface area contributed by atoms with Crippen molar-refractivity contribution in [3.8, 4) is 5.75 Å². The van der Waals surface area contributed by atoms with E-state index in [1.807, 2.05) is 48.5 Å². The fraction of sp³-hybridized carbons (Fsp3) is 0.0952. The monoisotopic (exact) mass is 329 g/mol. The molecular formula is C21H19N3O. The molecule has 4 nitrogen and oxygen atoms in total. The first-order valence-corrected chi connectivity index (χ1v) is 8.32. The number of aromatic nitrogens is 2. The number of benzene rings is 2. The van der Waals surface area contributed by atoms with E-state index in [4.69, 9.17) is 10.5 Å². The highest BCUT2D eigenvalue weighted by Gasteiger charge is 2.17. The molecule has 0 radical (unpaired) electrons. The molecule has 3 N–H and O–H groups in total. The molecule has 1 heterocycles. The lowest BCUT2D eigenvalue weighted by Crippen LogP contribution is -2.04. The fourth-order valence-electron chi connectivity index (χ4n) is 2.94. The van der Waals surface area contributed by atoms with Crippen molar-refractivity contribution < 1.29 is 4.74 Å². The summed E-state index contributed by atoms with van der Waals surface area (Å²) in [6.45, 7) is 0. The van der Waals surface area contributed by atoms with Gasteiger partial charge in [0.15, 0.2) is 0 Å². The Bertz CT molecular complexity index is 939. The third-order valence-corrected chi connectivity index (χ3v) is 4.20. The molecule has 2 aromatic carbocycles. The predicted molar refractivity (Wildman–Crippen MR) is 102 cm³/mol. The molecule has 0 bridgehead atoms. The molecule has 0 unspecified atom stereocenters. The van der Waals surface area contributed by atoms with Gasteiger partial charge in [0.05, 0.1) is 11.4 Å². The quantitative estimate of drug-likeness (QED) is 0.691. The Hall–Kier alpha value is -3.27. The summed E-state index contributed by atoms with van der Waals surface area (Å²) in [5.74, 6) is 1.68. The summed E-state index contributed by atoms with van der Waals surface area (Å²) in [4.78, 5) is 0. The van der Waals surface area contributed by atoms with Crippen LogP contribution >= 0.6 is 0 Å². The van der Waals surface area contributed by atoms with E-state index >= 15 is 0 Å². The third-order valence-electron chi connectivity index (χ3n) is 4.20. The van der Waals surface area contributed by atoms with Crippen LogP contribution in [0.25, 0.3) is 18.2 Å². The molecule has 0 fully saturated rings. The van der Waals surface area contributed by atoms with Crippen LogP contribution in [0.15, 0.2) is 60.4 Å². The number of H-pyrrole nitrogens is 1. The van der Waals surface area contributed by atoms with Crippen LogP contribution in [0.5, 0.6) is 5.75 Å². The van der Waals surface area contributed by atoms with Gasteiger partial charge in [0.2, 0.25) is 0 Å². The minimum absolute atomic E-state index is 0.699. The minimum Gasteiger partial charge on any atom is -0.462 e. The van der Waals surface area contributed by atoms with Gasteiger partial charge in [0, 0.05) is 29.8 Å². The number of fused-ring (bicyclic) bond motifs is 1. The molecular weight excluding hydrogens is 310 g/mol. The maximum Gasteiger partial charge on any atom is 0.128 e. The molecule has 0 amide bonds. The number of aromatic amines is 1. The second-order valence-corrected chi connectivity index (χ2v) is 6.03. The number of ether oxygens (including phenoxy) is 1. The van der Waals surface area contributed by atoms with Crippen LogP contribution in [-0.2, 0) is 6.42 Å². The van der Waals surface area contributed by atoms with Crippen LogP contribution in [0, 0.1) is 0 Å². The highest BCUT2D eigenvalue weighted by molar-refractivity contribution is 5.72. The number of nitrogens with two attached hydrogens (primary N) is 1. The van der Waals surface area contributed by atoms with Gasteiger partial charge in [0.25, 0.3) is 0 Å². The molecule has 3 aromatic rings. The Morgan fingerprint density at radius 2 is 1.88 bits per heavy atom. The zero-order chi connectivity index (χ0) is 17.1. The topological polar surface area (TPSA) is 63.9 Å². The lowest BCUT2D eigenvalue weighted by molar-refractivity contribution is 0.406. The summed E-state index contributed by atoms with van der Waals surface area (Å²) in [5.41, 5.74) is 10.9. The second kappa shape index (κ2) is 6.69. The number of nitrogens with one attached hydrogen (secondary N) is 1. The van der Waals surface area contributed by atoms with E-state index in [0.717, 1.165) is 41.3 Å². The smallest absolute Gasteiger partial charge is 0.128 e. The van der Waals surface area contributed by atoms with Gasteiger partial charge in [-0.2, -0.15) is 5.10 Å². The SMILES string of the molecule is Nc1cccc(OC2=Cc3[nH]nc(C=Cc4ccccc4)c3CC2)c1. The first-order chi connectivity index (χ1) is 12.3. The van der Waals surface area contributed by atoms with E-state index in [-0.39, 0.29) is 0 Å². The molecule has 0 spiro atoms. The average molecular weight is 329 g/mol. The number of hydrogen-bond acceptors (Lipinski definition) is 3. The first-order valence-electron chi connectivity index (χ1n) is 8.32. The summed E-state index contributed by atoms with van der Waals surface area (Å²) in [7, 11) is 0. The second-order valence-electron chi connectivity index (χ2n) is 6.03. The maximum atomic E-state index is 5.95. The average Bonchev–Trinajstić information content (AvgIpc) is 3.03.